The molecule has 0 unspecified atom stereocenters. The summed E-state index contributed by atoms with van der Waals surface area (Å²) in [6.45, 7) is 2.21. The fraction of sp³-hybridized carbons (Fsp3) is 0.0370. The molecule has 0 amide bonds. The zero-order valence-corrected chi connectivity index (χ0v) is 22.4. The van der Waals surface area contributed by atoms with Gasteiger partial charge in [-0.1, -0.05) is 127 Å². The molecule has 4 aromatic rings. The van der Waals surface area contributed by atoms with E-state index in [0.717, 1.165) is 0 Å². The van der Waals surface area contributed by atoms with Gasteiger partial charge in [0.05, 0.1) is 0 Å². The first kappa shape index (κ1) is 25.3. The molecule has 0 nitrogen and oxygen atoms in total. The van der Waals surface area contributed by atoms with Gasteiger partial charge >= 0.3 is 35.0 Å². The summed E-state index contributed by atoms with van der Waals surface area (Å²) in [7, 11) is 8.41. The number of allylic oxidation sites excluding steroid dienone is 1. The number of rotatable bonds is 6. The number of hydrogen-bond acceptors (Lipinski definition) is 0. The third-order valence-electron chi connectivity index (χ3n) is 4.77. The zero-order valence-electron chi connectivity index (χ0n) is 17.6. The molecule has 0 saturated carbocycles. The van der Waals surface area contributed by atoms with E-state index in [1.165, 1.54) is 26.3 Å². The summed E-state index contributed by atoms with van der Waals surface area (Å²) in [5, 5.41) is 7.15. The standard InChI is InChI=1S/C27H24P2.2ClH.Pd/c1-2-27(28(23-15-7-3-8-16-23)24-17-9-4-10-18-24)29(25-19-11-5-12-20-25)26-21-13-6-14-22-26;;;/h2-22H,1H3;2*1H;/q;;;+2/p-2. The molecule has 0 N–H and O–H groups in total. The maximum atomic E-state index is 4.81. The summed E-state index contributed by atoms with van der Waals surface area (Å²) in [6.07, 6.45) is 2.37. The van der Waals surface area contributed by atoms with Gasteiger partial charge in [0.1, 0.15) is 0 Å². The van der Waals surface area contributed by atoms with Gasteiger partial charge in [-0.25, -0.2) is 0 Å². The fourth-order valence-corrected chi connectivity index (χ4v) is 9.73. The Morgan fingerprint density at radius 3 is 0.938 bits per heavy atom. The van der Waals surface area contributed by atoms with Gasteiger partial charge in [0.2, 0.25) is 0 Å². The predicted octanol–water partition coefficient (Wildman–Crippen LogP) is 7.49. The van der Waals surface area contributed by atoms with Crippen LogP contribution in [-0.2, 0) is 15.9 Å². The van der Waals surface area contributed by atoms with Crippen molar-refractivity contribution in [3.63, 3.8) is 0 Å². The molecule has 0 aliphatic heterocycles. The van der Waals surface area contributed by atoms with Gasteiger partial charge in [-0.3, -0.25) is 0 Å². The van der Waals surface area contributed by atoms with Crippen LogP contribution in [0.4, 0.5) is 0 Å². The Labute approximate surface area is 210 Å². The number of hydrogen-bond donors (Lipinski definition) is 0. The minimum atomic E-state index is -0.611. The van der Waals surface area contributed by atoms with Crippen molar-refractivity contribution in [3.05, 3.63) is 132 Å². The van der Waals surface area contributed by atoms with E-state index >= 15 is 0 Å². The molecule has 4 aromatic carbocycles. The van der Waals surface area contributed by atoms with Crippen LogP contribution < -0.4 is 21.2 Å². The second kappa shape index (κ2) is 14.1. The first-order valence-electron chi connectivity index (χ1n) is 10.1. The second-order valence-corrected chi connectivity index (χ2v) is 13.8. The van der Waals surface area contributed by atoms with Gasteiger partial charge in [0.25, 0.3) is 0 Å². The maximum absolute atomic E-state index is 4.81. The summed E-state index contributed by atoms with van der Waals surface area (Å²) in [5.74, 6) is 0. The molecule has 0 fully saturated rings. The molecule has 4 rings (SSSR count). The molecular weight excluding hydrogens is 564 g/mol. The molecule has 0 spiro atoms. The Morgan fingerprint density at radius 1 is 0.531 bits per heavy atom. The van der Waals surface area contributed by atoms with Crippen molar-refractivity contribution < 1.29 is 15.9 Å². The van der Waals surface area contributed by atoms with Gasteiger partial charge in [0, 0.05) is 0 Å². The zero-order chi connectivity index (χ0) is 22.6. The first-order chi connectivity index (χ1) is 15.8. The molecule has 0 radical (unpaired) electrons. The van der Waals surface area contributed by atoms with Crippen molar-refractivity contribution in [1.29, 1.82) is 0 Å². The van der Waals surface area contributed by atoms with Gasteiger partial charge in [0.15, 0.2) is 0 Å². The van der Waals surface area contributed by atoms with Gasteiger partial charge in [-0.05, 0) is 49.0 Å². The number of benzene rings is 4. The van der Waals surface area contributed by atoms with Gasteiger partial charge < -0.3 is 0 Å². The molecule has 32 heavy (non-hydrogen) atoms. The molecule has 0 heterocycles. The monoisotopic (exact) mass is 586 g/mol. The van der Waals surface area contributed by atoms with E-state index in [1.54, 1.807) is 0 Å². The first-order valence-corrected chi connectivity index (χ1v) is 16.8. The average molecular weight is 588 g/mol. The van der Waals surface area contributed by atoms with E-state index in [4.69, 9.17) is 19.1 Å². The SMILES string of the molecule is CC=C(P(c1ccccc1)c1ccccc1)P(c1ccccc1)c1ccccc1.[Cl][Pd][Cl]. The summed E-state index contributed by atoms with van der Waals surface area (Å²) >= 11 is -0.106. The second-order valence-electron chi connectivity index (χ2n) is 6.71. The number of halogens is 2. The quantitative estimate of drug-likeness (QED) is 0.162. The Bertz CT molecular complexity index is 912. The van der Waals surface area contributed by atoms with Crippen LogP contribution in [0.15, 0.2) is 132 Å². The Morgan fingerprint density at radius 2 is 0.750 bits per heavy atom. The van der Waals surface area contributed by atoms with Crippen LogP contribution in [0.5, 0.6) is 0 Å². The Balaban J connectivity index is 0.000000913. The van der Waals surface area contributed by atoms with Gasteiger partial charge in [-0.15, -0.1) is 0 Å². The molecule has 0 aromatic heterocycles. The molecule has 166 valence electrons. The molecule has 5 heteroatoms. The van der Waals surface area contributed by atoms with Crippen molar-refractivity contribution in [2.24, 2.45) is 0 Å². The van der Waals surface area contributed by atoms with Crippen LogP contribution in [0, 0.1) is 0 Å². The van der Waals surface area contributed by atoms with E-state index in [2.05, 4.69) is 134 Å². The summed E-state index contributed by atoms with van der Waals surface area (Å²) in [4.78, 5) is 0. The molecule has 0 bridgehead atoms. The molecular formula is C27H24Cl2P2Pd. The summed E-state index contributed by atoms with van der Waals surface area (Å²) < 4.78 is 0. The predicted molar refractivity (Wildman–Crippen MR) is 144 cm³/mol. The normalized spacial score (nSPS) is 10.5. The molecule has 0 aliphatic rings. The van der Waals surface area contributed by atoms with Crippen LogP contribution in [0.25, 0.3) is 0 Å². The van der Waals surface area contributed by atoms with E-state index in [-0.39, 0.29) is 15.9 Å². The third-order valence-corrected chi connectivity index (χ3v) is 10.7. The van der Waals surface area contributed by atoms with Crippen molar-refractivity contribution >= 4 is 56.1 Å². The van der Waals surface area contributed by atoms with Crippen LogP contribution in [0.1, 0.15) is 6.92 Å². The van der Waals surface area contributed by atoms with Crippen molar-refractivity contribution in [3.8, 4) is 0 Å². The van der Waals surface area contributed by atoms with Crippen LogP contribution in [0.3, 0.4) is 0 Å². The summed E-state index contributed by atoms with van der Waals surface area (Å²) in [6, 6.07) is 44.0. The van der Waals surface area contributed by atoms with Crippen molar-refractivity contribution in [1.82, 2.24) is 0 Å². The molecule has 0 saturated heterocycles. The average Bonchev–Trinajstić information content (AvgIpc) is 2.87. The summed E-state index contributed by atoms with van der Waals surface area (Å²) in [5.41, 5.74) is 0. The van der Waals surface area contributed by atoms with Crippen molar-refractivity contribution in [2.75, 3.05) is 0 Å². The minimum absolute atomic E-state index is 0.106. The van der Waals surface area contributed by atoms with E-state index in [0.29, 0.717) is 0 Å². The third kappa shape index (κ3) is 6.86. The van der Waals surface area contributed by atoms with Crippen molar-refractivity contribution in [2.45, 2.75) is 6.92 Å². The Hall–Kier alpha value is -1.28. The van der Waals surface area contributed by atoms with E-state index in [1.807, 2.05) is 0 Å². The van der Waals surface area contributed by atoms with Crippen LogP contribution >= 0.6 is 34.9 Å². The van der Waals surface area contributed by atoms with E-state index in [9.17, 15) is 0 Å². The van der Waals surface area contributed by atoms with Gasteiger partial charge in [-0.2, -0.15) is 0 Å². The van der Waals surface area contributed by atoms with Crippen LogP contribution in [0.2, 0.25) is 0 Å². The topological polar surface area (TPSA) is 0 Å². The Kier molecular flexibility index (Phi) is 11.2. The van der Waals surface area contributed by atoms with E-state index < -0.39 is 15.8 Å². The molecule has 0 atom stereocenters. The molecule has 0 aliphatic carbocycles. The fourth-order valence-electron chi connectivity index (χ4n) is 3.49. The van der Waals surface area contributed by atoms with Crippen LogP contribution in [-0.4, -0.2) is 0 Å².